The molecule has 0 bridgehead atoms. The molecule has 0 aliphatic heterocycles. The minimum Gasteiger partial charge on any atom is -0.493 e. The molecular formula is C119H150N4O18. The summed E-state index contributed by atoms with van der Waals surface area (Å²) < 4.78 is 35.6. The number of aliphatic hydroxyl groups excluding tert-OH is 4. The van der Waals surface area contributed by atoms with Crippen molar-refractivity contribution in [1.82, 2.24) is 21.3 Å². The molecule has 0 amide bonds. The number of carboxylic acids is 4. The smallest absolute Gasteiger partial charge is 0.335 e. The first-order chi connectivity index (χ1) is 67.4. The van der Waals surface area contributed by atoms with Gasteiger partial charge in [-0.3, -0.25) is 14.4 Å². The van der Waals surface area contributed by atoms with Gasteiger partial charge in [-0.2, -0.15) is 0 Å². The van der Waals surface area contributed by atoms with Crippen molar-refractivity contribution in [2.45, 2.75) is 238 Å². The van der Waals surface area contributed by atoms with Crippen molar-refractivity contribution in [2.24, 2.45) is 0 Å². The summed E-state index contributed by atoms with van der Waals surface area (Å²) >= 11 is 0. The van der Waals surface area contributed by atoms with E-state index >= 15 is 0 Å². The predicted octanol–water partition coefficient (Wildman–Crippen LogP) is 22.1. The number of ether oxygens (including phenoxy) is 6. The van der Waals surface area contributed by atoms with Gasteiger partial charge in [0.1, 0.15) is 11.5 Å². The first kappa shape index (κ1) is 113. The number of hydrogen-bond acceptors (Lipinski definition) is 18. The molecular weight excluding hydrogens is 1770 g/mol. The van der Waals surface area contributed by atoms with Crippen LogP contribution >= 0.6 is 0 Å². The summed E-state index contributed by atoms with van der Waals surface area (Å²) in [6.45, 7) is 32.0. The lowest BCUT2D eigenvalue weighted by Gasteiger charge is -2.28. The molecule has 0 saturated carbocycles. The van der Waals surface area contributed by atoms with Gasteiger partial charge in [-0.1, -0.05) is 261 Å². The van der Waals surface area contributed by atoms with E-state index < -0.39 is 48.3 Å². The number of nitrogens with one attached hydrogen (secondary N) is 4. The maximum absolute atomic E-state index is 11.2. The molecule has 22 heteroatoms. The zero-order chi connectivity index (χ0) is 102. The minimum absolute atomic E-state index is 0.0740. The number of fused-ring (bicyclic) bond motifs is 3. The Hall–Kier alpha value is -11.8. The van der Waals surface area contributed by atoms with Gasteiger partial charge in [0.2, 0.25) is 0 Å². The average molecular weight is 1920 g/mol. The molecule has 0 aromatic heterocycles. The van der Waals surface area contributed by atoms with Crippen molar-refractivity contribution in [3.8, 4) is 22.6 Å². The second-order valence-electron chi connectivity index (χ2n) is 39.2. The van der Waals surface area contributed by atoms with Crippen molar-refractivity contribution in [1.29, 1.82) is 0 Å². The van der Waals surface area contributed by atoms with Crippen LogP contribution in [0.2, 0.25) is 0 Å². The highest BCUT2D eigenvalue weighted by Gasteiger charge is 2.27. The number of aromatic carboxylic acids is 1. The van der Waals surface area contributed by atoms with Crippen LogP contribution in [0.4, 0.5) is 0 Å². The highest BCUT2D eigenvalue weighted by molar-refractivity contribution is 5.89. The van der Waals surface area contributed by atoms with Gasteiger partial charge in [0, 0.05) is 78.7 Å². The van der Waals surface area contributed by atoms with E-state index in [9.17, 15) is 39.6 Å². The van der Waals surface area contributed by atoms with Crippen LogP contribution in [0.1, 0.15) is 225 Å². The van der Waals surface area contributed by atoms with Gasteiger partial charge in [0.05, 0.1) is 94.0 Å². The molecule has 754 valence electrons. The quantitative estimate of drug-likeness (QED) is 0.0158. The summed E-state index contributed by atoms with van der Waals surface area (Å²) in [5, 5.41) is 99.0. The molecule has 8 atom stereocenters. The number of aliphatic carboxylic acids is 3. The van der Waals surface area contributed by atoms with E-state index in [1.54, 1.807) is 24.3 Å². The lowest BCUT2D eigenvalue weighted by molar-refractivity contribution is -0.138. The van der Waals surface area contributed by atoms with E-state index in [0.717, 1.165) is 83.2 Å². The zero-order valence-electron chi connectivity index (χ0n) is 84.3. The van der Waals surface area contributed by atoms with Crippen molar-refractivity contribution < 1.29 is 88.5 Å². The molecule has 0 aliphatic rings. The Labute approximate surface area is 833 Å². The van der Waals surface area contributed by atoms with Crippen LogP contribution < -0.4 is 30.7 Å². The van der Waals surface area contributed by atoms with Crippen molar-refractivity contribution in [3.63, 3.8) is 0 Å². The lowest BCUT2D eigenvalue weighted by atomic mass is 9.93. The number of benzene rings is 12. The van der Waals surface area contributed by atoms with E-state index in [4.69, 9.17) is 48.8 Å². The van der Waals surface area contributed by atoms with Gasteiger partial charge in [0.25, 0.3) is 0 Å². The third-order valence-corrected chi connectivity index (χ3v) is 24.6. The number of aryl methyl sites for hydroxylation is 1. The molecule has 12 aromatic carbocycles. The molecule has 141 heavy (non-hydrogen) atoms. The second-order valence-corrected chi connectivity index (χ2v) is 39.2. The Bertz CT molecular complexity index is 5670. The van der Waals surface area contributed by atoms with Crippen LogP contribution in [0, 0.1) is 0 Å². The Kier molecular flexibility index (Phi) is 45.8. The normalized spacial score (nSPS) is 13.4. The summed E-state index contributed by atoms with van der Waals surface area (Å²) in [5.41, 5.74) is 12.6. The predicted molar refractivity (Wildman–Crippen MR) is 566 cm³/mol. The van der Waals surface area contributed by atoms with Gasteiger partial charge in [0.15, 0.2) is 0 Å². The largest absolute Gasteiger partial charge is 0.493 e. The summed E-state index contributed by atoms with van der Waals surface area (Å²) in [4.78, 5) is 43.2. The molecule has 12 rings (SSSR count). The topological polar surface area (TPSA) is 334 Å². The van der Waals surface area contributed by atoms with Crippen LogP contribution in [0.15, 0.2) is 280 Å². The number of aliphatic hydroxyl groups is 4. The average Bonchev–Trinajstić information content (AvgIpc) is 0.818. The minimum atomic E-state index is -0.946. The Balaban J connectivity index is 0.000000210. The van der Waals surface area contributed by atoms with Crippen LogP contribution in [-0.2, 0) is 65.4 Å². The first-order valence-electron chi connectivity index (χ1n) is 49.3. The van der Waals surface area contributed by atoms with Crippen LogP contribution in [0.3, 0.4) is 0 Å². The van der Waals surface area contributed by atoms with E-state index in [1.807, 2.05) is 125 Å². The Morgan fingerprint density at radius 2 is 0.645 bits per heavy atom. The zero-order valence-corrected chi connectivity index (χ0v) is 84.3. The maximum Gasteiger partial charge on any atom is 0.335 e. The molecule has 22 nitrogen and oxygen atoms in total. The molecule has 0 aliphatic carbocycles. The molecule has 12 aromatic rings. The van der Waals surface area contributed by atoms with Crippen LogP contribution in [-0.4, -0.2) is 177 Å². The number of carboxylic acid groups (broad SMARTS) is 4. The summed E-state index contributed by atoms with van der Waals surface area (Å²) in [7, 11) is 0. The fourth-order valence-electron chi connectivity index (χ4n) is 16.8. The van der Waals surface area contributed by atoms with Crippen molar-refractivity contribution in [2.75, 3.05) is 65.8 Å². The third kappa shape index (κ3) is 40.6. The van der Waals surface area contributed by atoms with Gasteiger partial charge < -0.3 is 90.5 Å². The third-order valence-electron chi connectivity index (χ3n) is 24.6. The maximum atomic E-state index is 11.2. The number of rotatable bonds is 55. The van der Waals surface area contributed by atoms with Crippen LogP contribution in [0.5, 0.6) is 11.5 Å². The number of unbranched alkanes of at least 4 members (excludes halogenated alkanes) is 2. The Morgan fingerprint density at radius 3 is 1.04 bits per heavy atom. The van der Waals surface area contributed by atoms with Gasteiger partial charge in [-0.15, -0.1) is 0 Å². The summed E-state index contributed by atoms with van der Waals surface area (Å²) in [5.74, 6) is -1.92. The van der Waals surface area contributed by atoms with Gasteiger partial charge in [-0.25, -0.2) is 4.79 Å². The van der Waals surface area contributed by atoms with E-state index in [1.165, 1.54) is 60.1 Å². The lowest BCUT2D eigenvalue weighted by Crippen LogP contribution is -2.46. The molecule has 0 fully saturated rings. The van der Waals surface area contributed by atoms with Gasteiger partial charge >= 0.3 is 23.9 Å². The van der Waals surface area contributed by atoms with E-state index in [2.05, 4.69) is 241 Å². The number of carbonyl (C=O) groups is 4. The van der Waals surface area contributed by atoms with Crippen molar-refractivity contribution in [3.05, 3.63) is 341 Å². The fourth-order valence-corrected chi connectivity index (χ4v) is 16.8. The Morgan fingerprint density at radius 1 is 0.333 bits per heavy atom. The highest BCUT2D eigenvalue weighted by Crippen LogP contribution is 2.34. The van der Waals surface area contributed by atoms with Gasteiger partial charge in [-0.05, 0) is 260 Å². The molecule has 12 N–H and O–H groups in total. The van der Waals surface area contributed by atoms with E-state index in [0.29, 0.717) is 70.8 Å². The molecule has 0 heterocycles. The molecule has 1 unspecified atom stereocenters. The highest BCUT2D eigenvalue weighted by atomic mass is 16.5. The molecule has 0 saturated heterocycles. The number of hydrogen-bond donors (Lipinski definition) is 12. The SMILES string of the molecule is C=Cc1ccc(CC(C)(C)NC[C@@H](O)CO[C@H](C)c2ccccc2-c2ccc(C(=O)O)cc2)cc1.CC(OC[C@H](O)CNC(C)(C)Cc1ccc2ccccc2c1)c1ccccc1OCCCCC(=O)O.C[C@@H](OC[C@H](O)CNC(C)(C)Cc1ccc2ccccc2c1)c1ccccc1CCCCC(=O)O.C[C@@H](OC[C@H](O)CNC(C)(C)Cc1ccc2ccccc2c1)c1ccccc1OCCCC(=O)O. The molecule has 0 spiro atoms. The number of para-hydroxylation sites is 2. The van der Waals surface area contributed by atoms with E-state index in [-0.39, 0.29) is 97.8 Å². The standard InChI is InChI=1S/C30H39NO5.C30H39NO4.C30H35NO4.C29H37NO5/c1-22(27-12-6-7-13-28(27)35-17-9-8-14-29(33)34)36-21-26(32)20-31-30(2,3)19-23-15-16-24-10-4-5-11-25(24)18-23;1-22(28-14-8-6-11-25(28)12-7-9-15-29(33)34)35-21-27(32)20-31-30(2,3)19-23-16-17-24-10-4-5-13-26(24)18-23;1-5-22-10-12-23(13-11-22)18-30(3,4)31-19-26(32)20-35-21(2)27-8-6-7-9-28(27)24-14-16-25(17-15-24)29(33)34;1-21(26-11-6-7-12-27(26)34-16-8-13-28(32)33)35-20-25(31)19-30-29(2,3)18-22-14-15-23-9-4-5-10-24(23)17-22/h4-7,10-13,15-16,18,22,26,31-32H,8-9,14,17,19-21H2,1-3H3,(H,33,34);4-6,8,10-11,13-14,16-18,22,27,31-32H,7,9,12,15,19-21H2,1-3H3,(H,33,34);5-17,21,26,31-32H,1,18-20H2,2-4H3,(H,33,34);4-7,9-12,14-15,17,21,25,30-31H,8,13,16,18-20H2,1-3H3,(H,32,33)/t22?,26-;22-,27-;21-,26-;21-,25-/m1111/s1. The fraction of sp³-hybridized carbons (Fsp3) is 0.395. The first-order valence-corrected chi connectivity index (χ1v) is 49.3. The van der Waals surface area contributed by atoms with Crippen molar-refractivity contribution >= 4 is 62.3 Å². The molecule has 0 radical (unpaired) electrons. The van der Waals surface area contributed by atoms with Crippen LogP contribution in [0.25, 0.3) is 49.5 Å². The second kappa shape index (κ2) is 57.3. The monoisotopic (exact) mass is 1920 g/mol. The number of β-amino-alcohol motifs (C(OH)–C–C–N with tert-alkyl or cyclic N) is 4. The summed E-state index contributed by atoms with van der Waals surface area (Å²) in [6.07, 6.45) is 6.18. The summed E-state index contributed by atoms with van der Waals surface area (Å²) in [6, 6.07) is 91.1.